The molecule has 1 atom stereocenters. The highest BCUT2D eigenvalue weighted by molar-refractivity contribution is 5.79. The molecular weight excluding hydrogens is 234 g/mol. The lowest BCUT2D eigenvalue weighted by Crippen LogP contribution is -2.20. The van der Waals surface area contributed by atoms with Crippen LogP contribution in [-0.2, 0) is 0 Å². The highest BCUT2D eigenvalue weighted by Crippen LogP contribution is 2.28. The Labute approximate surface area is 116 Å². The minimum Gasteiger partial charge on any atom is -0.459 e. The summed E-state index contributed by atoms with van der Waals surface area (Å²) in [5.41, 5.74) is 2.37. The van der Waals surface area contributed by atoms with Gasteiger partial charge in [0.15, 0.2) is 0 Å². The molecule has 19 heavy (non-hydrogen) atoms. The molecule has 0 aliphatic rings. The van der Waals surface area contributed by atoms with Crippen LogP contribution in [0.25, 0.3) is 11.0 Å². The third-order valence-electron chi connectivity index (χ3n) is 3.60. The number of hydrogen-bond acceptors (Lipinski definition) is 2. The molecule has 0 aliphatic carbocycles. The van der Waals surface area contributed by atoms with Crippen LogP contribution in [0, 0.1) is 0 Å². The van der Waals surface area contributed by atoms with Gasteiger partial charge >= 0.3 is 0 Å². The fraction of sp³-hybridized carbons (Fsp3) is 0.529. The number of fused-ring (bicyclic) bond motifs is 1. The minimum atomic E-state index is 0.338. The Morgan fingerprint density at radius 2 is 1.95 bits per heavy atom. The largest absolute Gasteiger partial charge is 0.459 e. The van der Waals surface area contributed by atoms with Crippen LogP contribution in [0.3, 0.4) is 0 Å². The lowest BCUT2D eigenvalue weighted by Gasteiger charge is -2.13. The van der Waals surface area contributed by atoms with Crippen LogP contribution in [-0.4, -0.2) is 6.54 Å². The van der Waals surface area contributed by atoms with Gasteiger partial charge in [0, 0.05) is 5.39 Å². The normalized spacial score (nSPS) is 13.3. The SMILES string of the molecule is CCCC(NCC)c1cc2cc(C(C)C)ccc2o1. The zero-order valence-electron chi connectivity index (χ0n) is 12.5. The molecular formula is C17H25NO. The van der Waals surface area contributed by atoms with E-state index in [4.69, 9.17) is 4.42 Å². The molecule has 0 fully saturated rings. The molecule has 0 amide bonds. The molecule has 0 saturated carbocycles. The molecule has 1 heterocycles. The molecule has 2 nitrogen and oxygen atoms in total. The summed E-state index contributed by atoms with van der Waals surface area (Å²) in [5, 5.41) is 4.73. The molecule has 1 unspecified atom stereocenters. The van der Waals surface area contributed by atoms with Crippen molar-refractivity contribution >= 4 is 11.0 Å². The summed E-state index contributed by atoms with van der Waals surface area (Å²) in [6, 6.07) is 9.06. The Morgan fingerprint density at radius 3 is 2.58 bits per heavy atom. The van der Waals surface area contributed by atoms with Gasteiger partial charge in [-0.25, -0.2) is 0 Å². The van der Waals surface area contributed by atoms with Gasteiger partial charge in [0.2, 0.25) is 0 Å². The van der Waals surface area contributed by atoms with Gasteiger partial charge in [0.25, 0.3) is 0 Å². The van der Waals surface area contributed by atoms with Gasteiger partial charge in [0.05, 0.1) is 6.04 Å². The van der Waals surface area contributed by atoms with Crippen LogP contribution in [0.5, 0.6) is 0 Å². The Balaban J connectivity index is 2.33. The highest BCUT2D eigenvalue weighted by atomic mass is 16.3. The average Bonchev–Trinajstić information content (AvgIpc) is 2.80. The molecule has 2 rings (SSSR count). The van der Waals surface area contributed by atoms with Crippen LogP contribution >= 0.6 is 0 Å². The van der Waals surface area contributed by atoms with Crippen molar-refractivity contribution < 1.29 is 4.42 Å². The zero-order valence-corrected chi connectivity index (χ0v) is 12.5. The molecule has 0 bridgehead atoms. The first-order valence-corrected chi connectivity index (χ1v) is 7.42. The van der Waals surface area contributed by atoms with E-state index in [1.54, 1.807) is 0 Å². The molecule has 2 heteroatoms. The van der Waals surface area contributed by atoms with Gasteiger partial charge in [-0.15, -0.1) is 0 Å². The predicted molar refractivity (Wildman–Crippen MR) is 81.6 cm³/mol. The number of benzene rings is 1. The molecule has 0 spiro atoms. The Hall–Kier alpha value is -1.28. The molecule has 1 aromatic carbocycles. The minimum absolute atomic E-state index is 0.338. The zero-order chi connectivity index (χ0) is 13.8. The smallest absolute Gasteiger partial charge is 0.134 e. The summed E-state index contributed by atoms with van der Waals surface area (Å²) in [5.74, 6) is 1.63. The quantitative estimate of drug-likeness (QED) is 0.789. The van der Waals surface area contributed by atoms with Crippen molar-refractivity contribution in [2.45, 2.75) is 52.5 Å². The van der Waals surface area contributed by atoms with Crippen molar-refractivity contribution in [3.05, 3.63) is 35.6 Å². The molecule has 0 saturated heterocycles. The summed E-state index contributed by atoms with van der Waals surface area (Å²) in [6.45, 7) is 9.77. The van der Waals surface area contributed by atoms with E-state index in [2.05, 4.69) is 57.3 Å². The number of rotatable bonds is 6. The van der Waals surface area contributed by atoms with Gasteiger partial charge in [-0.05, 0) is 42.6 Å². The number of furan rings is 1. The average molecular weight is 259 g/mol. The molecule has 0 aliphatic heterocycles. The van der Waals surface area contributed by atoms with E-state index in [0.717, 1.165) is 30.7 Å². The maximum absolute atomic E-state index is 6.01. The maximum atomic E-state index is 6.01. The van der Waals surface area contributed by atoms with Crippen LogP contribution in [0.1, 0.15) is 63.8 Å². The summed E-state index contributed by atoms with van der Waals surface area (Å²) in [7, 11) is 0. The second-order valence-electron chi connectivity index (χ2n) is 5.50. The molecule has 0 radical (unpaired) electrons. The van der Waals surface area contributed by atoms with E-state index < -0.39 is 0 Å². The summed E-state index contributed by atoms with van der Waals surface area (Å²) < 4.78 is 6.01. The lowest BCUT2D eigenvalue weighted by molar-refractivity contribution is 0.414. The second kappa shape index (κ2) is 6.25. The van der Waals surface area contributed by atoms with E-state index in [9.17, 15) is 0 Å². The van der Waals surface area contributed by atoms with Gasteiger partial charge < -0.3 is 9.73 Å². The summed E-state index contributed by atoms with van der Waals surface area (Å²) in [4.78, 5) is 0. The third kappa shape index (κ3) is 3.19. The Morgan fingerprint density at radius 1 is 1.16 bits per heavy atom. The standard InChI is InChI=1S/C17H25NO/c1-5-7-15(18-6-2)17-11-14-10-13(12(3)4)8-9-16(14)19-17/h8-12,15,18H,5-7H2,1-4H3. The second-order valence-corrected chi connectivity index (χ2v) is 5.50. The number of hydrogen-bond donors (Lipinski definition) is 1. The lowest BCUT2D eigenvalue weighted by atomic mass is 10.0. The first kappa shape index (κ1) is 14.1. The third-order valence-corrected chi connectivity index (χ3v) is 3.60. The van der Waals surface area contributed by atoms with E-state index in [-0.39, 0.29) is 0 Å². The molecule has 2 aromatic rings. The van der Waals surface area contributed by atoms with Crippen LogP contribution in [0.2, 0.25) is 0 Å². The predicted octanol–water partition coefficient (Wildman–Crippen LogP) is 5.01. The first-order chi connectivity index (χ1) is 9.15. The topological polar surface area (TPSA) is 25.2 Å². The van der Waals surface area contributed by atoms with Gasteiger partial charge in [-0.2, -0.15) is 0 Å². The van der Waals surface area contributed by atoms with Crippen LogP contribution in [0.15, 0.2) is 28.7 Å². The van der Waals surface area contributed by atoms with E-state index in [1.807, 2.05) is 0 Å². The van der Waals surface area contributed by atoms with E-state index in [0.29, 0.717) is 12.0 Å². The van der Waals surface area contributed by atoms with Crippen molar-refractivity contribution in [3.8, 4) is 0 Å². The summed E-state index contributed by atoms with van der Waals surface area (Å²) in [6.07, 6.45) is 2.27. The molecule has 1 aromatic heterocycles. The Bertz CT molecular complexity index is 521. The first-order valence-electron chi connectivity index (χ1n) is 7.42. The fourth-order valence-corrected chi connectivity index (χ4v) is 2.49. The van der Waals surface area contributed by atoms with Crippen molar-refractivity contribution in [1.82, 2.24) is 5.32 Å². The van der Waals surface area contributed by atoms with Crippen molar-refractivity contribution in [2.24, 2.45) is 0 Å². The van der Waals surface area contributed by atoms with E-state index >= 15 is 0 Å². The maximum Gasteiger partial charge on any atom is 0.134 e. The van der Waals surface area contributed by atoms with E-state index in [1.165, 1.54) is 10.9 Å². The van der Waals surface area contributed by atoms with Crippen LogP contribution < -0.4 is 5.32 Å². The van der Waals surface area contributed by atoms with Gasteiger partial charge in [-0.3, -0.25) is 0 Å². The number of nitrogens with one attached hydrogen (secondary N) is 1. The summed E-state index contributed by atoms with van der Waals surface area (Å²) >= 11 is 0. The van der Waals surface area contributed by atoms with Gasteiger partial charge in [0.1, 0.15) is 11.3 Å². The molecule has 1 N–H and O–H groups in total. The highest BCUT2D eigenvalue weighted by Gasteiger charge is 2.15. The Kier molecular flexibility index (Phi) is 4.65. The van der Waals surface area contributed by atoms with Crippen molar-refractivity contribution in [1.29, 1.82) is 0 Å². The van der Waals surface area contributed by atoms with Crippen LogP contribution in [0.4, 0.5) is 0 Å². The molecule has 104 valence electrons. The van der Waals surface area contributed by atoms with Gasteiger partial charge in [-0.1, -0.05) is 40.2 Å². The fourth-order valence-electron chi connectivity index (χ4n) is 2.49. The van der Waals surface area contributed by atoms with Crippen molar-refractivity contribution in [2.75, 3.05) is 6.54 Å². The van der Waals surface area contributed by atoms with Crippen molar-refractivity contribution in [3.63, 3.8) is 0 Å². The monoisotopic (exact) mass is 259 g/mol.